The van der Waals surface area contributed by atoms with E-state index in [1.807, 2.05) is 0 Å². The first kappa shape index (κ1) is 30.0. The van der Waals surface area contributed by atoms with Crippen LogP contribution in [0.3, 0.4) is 0 Å². The molecule has 9 aromatic carbocycles. The van der Waals surface area contributed by atoms with Crippen molar-refractivity contribution < 1.29 is 0 Å². The molecule has 0 unspecified atom stereocenters. The van der Waals surface area contributed by atoms with Crippen LogP contribution >= 0.6 is 0 Å². The van der Waals surface area contributed by atoms with Gasteiger partial charge in [-0.25, -0.2) is 0 Å². The number of anilines is 3. The second-order valence-corrected chi connectivity index (χ2v) is 13.3. The van der Waals surface area contributed by atoms with E-state index in [-0.39, 0.29) is 0 Å². The fourth-order valence-electron chi connectivity index (χ4n) is 8.07. The maximum atomic E-state index is 2.48. The molecule has 0 aliphatic rings. The second kappa shape index (κ2) is 12.5. The molecule has 10 aromatic rings. The fourth-order valence-corrected chi connectivity index (χ4v) is 8.07. The van der Waals surface area contributed by atoms with Gasteiger partial charge in [0.2, 0.25) is 0 Å². The summed E-state index contributed by atoms with van der Waals surface area (Å²) >= 11 is 0. The predicted molar refractivity (Wildman–Crippen MR) is 221 cm³/mol. The van der Waals surface area contributed by atoms with Crippen LogP contribution in [-0.2, 0) is 0 Å². The van der Waals surface area contributed by atoms with Crippen molar-refractivity contribution in [2.75, 3.05) is 4.90 Å². The van der Waals surface area contributed by atoms with Gasteiger partial charge in [-0.05, 0) is 81.4 Å². The topological polar surface area (TPSA) is 8.17 Å². The van der Waals surface area contributed by atoms with Crippen molar-refractivity contribution in [2.24, 2.45) is 0 Å². The average molecular weight is 663 g/mol. The third kappa shape index (κ3) is 4.88. The zero-order valence-corrected chi connectivity index (χ0v) is 28.5. The highest BCUT2D eigenvalue weighted by Gasteiger charge is 2.23. The quantitative estimate of drug-likeness (QED) is 0.161. The summed E-state index contributed by atoms with van der Waals surface area (Å²) in [6, 6.07) is 74.7. The lowest BCUT2D eigenvalue weighted by Gasteiger charge is -2.30. The number of hydrogen-bond donors (Lipinski definition) is 0. The van der Waals surface area contributed by atoms with Crippen LogP contribution in [0.2, 0.25) is 0 Å². The molecule has 244 valence electrons. The monoisotopic (exact) mass is 662 g/mol. The molecule has 0 saturated carbocycles. The zero-order chi connectivity index (χ0) is 34.4. The standard InChI is InChI=1S/C50H34N2/c1-4-17-35(18-5-1)41-25-14-15-29-46(41)52(49-33-37-21-10-11-24-40(37)43-26-12-13-27-44(43)49)39-31-32-47-45(34-39)50-42(36-19-6-2-7-20-36)28-16-30-48(50)51(47)38-22-8-3-9-23-38/h1-34H. The molecule has 0 fully saturated rings. The fraction of sp³-hybridized carbons (Fsp3) is 0. The summed E-state index contributed by atoms with van der Waals surface area (Å²) in [6.07, 6.45) is 0. The van der Waals surface area contributed by atoms with E-state index in [1.54, 1.807) is 0 Å². The van der Waals surface area contributed by atoms with E-state index < -0.39 is 0 Å². The number of benzene rings is 9. The molecule has 0 aliphatic heterocycles. The van der Waals surface area contributed by atoms with Crippen LogP contribution in [-0.4, -0.2) is 4.57 Å². The van der Waals surface area contributed by atoms with Crippen molar-refractivity contribution in [1.29, 1.82) is 0 Å². The van der Waals surface area contributed by atoms with E-state index in [0.717, 1.165) is 22.7 Å². The molecule has 0 radical (unpaired) electrons. The first-order valence-corrected chi connectivity index (χ1v) is 17.9. The third-order valence-corrected chi connectivity index (χ3v) is 10.3. The highest BCUT2D eigenvalue weighted by atomic mass is 15.1. The minimum atomic E-state index is 1.10. The van der Waals surface area contributed by atoms with Gasteiger partial charge in [0.15, 0.2) is 0 Å². The SMILES string of the molecule is c1ccc(-c2ccccc2N(c2ccc3c(c2)c2c(-c4ccccc4)cccc2n3-c2ccccc2)c2cc3ccccc3c3ccccc23)cc1. The van der Waals surface area contributed by atoms with E-state index in [0.29, 0.717) is 0 Å². The van der Waals surface area contributed by atoms with E-state index in [2.05, 4.69) is 216 Å². The van der Waals surface area contributed by atoms with Crippen LogP contribution < -0.4 is 4.90 Å². The van der Waals surface area contributed by atoms with Gasteiger partial charge in [0.05, 0.1) is 22.4 Å². The Morgan fingerprint density at radius 1 is 0.346 bits per heavy atom. The van der Waals surface area contributed by atoms with Gasteiger partial charge in [-0.15, -0.1) is 0 Å². The van der Waals surface area contributed by atoms with E-state index in [4.69, 9.17) is 0 Å². The first-order valence-electron chi connectivity index (χ1n) is 17.9. The van der Waals surface area contributed by atoms with Crippen molar-refractivity contribution in [3.8, 4) is 27.9 Å². The molecule has 1 heterocycles. The molecular formula is C50H34N2. The molecule has 0 bridgehead atoms. The lowest BCUT2D eigenvalue weighted by Crippen LogP contribution is -2.12. The summed E-state index contributed by atoms with van der Waals surface area (Å²) in [5, 5.41) is 7.38. The number of para-hydroxylation sites is 2. The molecule has 2 heteroatoms. The lowest BCUT2D eigenvalue weighted by molar-refractivity contribution is 1.18. The molecule has 0 amide bonds. The molecule has 0 spiro atoms. The van der Waals surface area contributed by atoms with Gasteiger partial charge in [-0.1, -0.05) is 158 Å². The minimum absolute atomic E-state index is 1.10. The van der Waals surface area contributed by atoms with E-state index in [9.17, 15) is 0 Å². The van der Waals surface area contributed by atoms with Crippen molar-refractivity contribution in [3.05, 3.63) is 206 Å². The highest BCUT2D eigenvalue weighted by molar-refractivity contribution is 6.18. The minimum Gasteiger partial charge on any atom is -0.309 e. The maximum absolute atomic E-state index is 2.48. The number of fused-ring (bicyclic) bond motifs is 6. The Morgan fingerprint density at radius 2 is 0.942 bits per heavy atom. The largest absolute Gasteiger partial charge is 0.309 e. The van der Waals surface area contributed by atoms with E-state index >= 15 is 0 Å². The van der Waals surface area contributed by atoms with Crippen molar-refractivity contribution in [2.45, 2.75) is 0 Å². The maximum Gasteiger partial charge on any atom is 0.0547 e. The van der Waals surface area contributed by atoms with Gasteiger partial charge in [-0.2, -0.15) is 0 Å². The van der Waals surface area contributed by atoms with Crippen LogP contribution in [0.1, 0.15) is 0 Å². The molecule has 10 rings (SSSR count). The van der Waals surface area contributed by atoms with Crippen molar-refractivity contribution >= 4 is 60.4 Å². The first-order chi connectivity index (χ1) is 25.8. The predicted octanol–water partition coefficient (Wildman–Crippen LogP) is 13.9. The smallest absolute Gasteiger partial charge is 0.0547 e. The highest BCUT2D eigenvalue weighted by Crippen LogP contribution is 2.47. The Hall–Kier alpha value is -6.90. The Labute approximate surface area is 303 Å². The molecule has 2 nitrogen and oxygen atoms in total. The zero-order valence-electron chi connectivity index (χ0n) is 28.5. The number of nitrogens with zero attached hydrogens (tertiary/aromatic N) is 2. The van der Waals surface area contributed by atoms with Gasteiger partial charge in [0.25, 0.3) is 0 Å². The summed E-state index contributed by atoms with van der Waals surface area (Å²) in [4.78, 5) is 2.48. The van der Waals surface area contributed by atoms with Gasteiger partial charge in [0, 0.05) is 33.1 Å². The molecule has 1 aromatic heterocycles. The number of aromatic nitrogens is 1. The van der Waals surface area contributed by atoms with Crippen LogP contribution in [0.15, 0.2) is 206 Å². The van der Waals surface area contributed by atoms with Crippen molar-refractivity contribution in [3.63, 3.8) is 0 Å². The van der Waals surface area contributed by atoms with Gasteiger partial charge in [0.1, 0.15) is 0 Å². The van der Waals surface area contributed by atoms with Crippen LogP contribution in [0.5, 0.6) is 0 Å². The molecule has 0 saturated heterocycles. The lowest BCUT2D eigenvalue weighted by atomic mass is 9.96. The van der Waals surface area contributed by atoms with Crippen LogP contribution in [0.4, 0.5) is 17.1 Å². The van der Waals surface area contributed by atoms with Gasteiger partial charge < -0.3 is 9.47 Å². The summed E-state index contributed by atoms with van der Waals surface area (Å²) in [5.41, 5.74) is 11.7. The van der Waals surface area contributed by atoms with Crippen LogP contribution in [0.25, 0.3) is 71.3 Å². The Morgan fingerprint density at radius 3 is 1.71 bits per heavy atom. The molecule has 52 heavy (non-hydrogen) atoms. The second-order valence-electron chi connectivity index (χ2n) is 13.3. The Bertz CT molecular complexity index is 2890. The Kier molecular flexibility index (Phi) is 7.18. The third-order valence-electron chi connectivity index (χ3n) is 10.3. The van der Waals surface area contributed by atoms with Crippen LogP contribution in [0, 0.1) is 0 Å². The number of hydrogen-bond acceptors (Lipinski definition) is 1. The number of rotatable bonds is 6. The molecule has 0 N–H and O–H groups in total. The summed E-state index contributed by atoms with van der Waals surface area (Å²) < 4.78 is 2.41. The summed E-state index contributed by atoms with van der Waals surface area (Å²) in [5.74, 6) is 0. The van der Waals surface area contributed by atoms with Gasteiger partial charge >= 0.3 is 0 Å². The van der Waals surface area contributed by atoms with E-state index in [1.165, 1.54) is 65.6 Å². The average Bonchev–Trinajstić information content (AvgIpc) is 3.56. The van der Waals surface area contributed by atoms with Gasteiger partial charge in [-0.3, -0.25) is 0 Å². The molecular weight excluding hydrogens is 629 g/mol. The van der Waals surface area contributed by atoms with Crippen molar-refractivity contribution in [1.82, 2.24) is 4.57 Å². The molecule has 0 atom stereocenters. The normalized spacial score (nSPS) is 11.5. The molecule has 0 aliphatic carbocycles. The summed E-state index contributed by atoms with van der Waals surface area (Å²) in [6.45, 7) is 0. The Balaban J connectivity index is 1.33. The summed E-state index contributed by atoms with van der Waals surface area (Å²) in [7, 11) is 0.